The molecule has 1 heterocycles. The molecule has 1 aromatic heterocycles. The molecule has 0 aliphatic carbocycles. The van der Waals surface area contributed by atoms with Gasteiger partial charge in [-0.3, -0.25) is 0 Å². The molecule has 1 atom stereocenters. The maximum absolute atomic E-state index is 13.8. The Morgan fingerprint density at radius 1 is 1.14 bits per heavy atom. The Morgan fingerprint density at radius 2 is 1.86 bits per heavy atom. The third-order valence-electron chi connectivity index (χ3n) is 3.27. The van der Waals surface area contributed by atoms with Crippen LogP contribution < -0.4 is 5.32 Å². The maximum Gasteiger partial charge on any atom is 0.129 e. The van der Waals surface area contributed by atoms with Crippen molar-refractivity contribution in [2.24, 2.45) is 0 Å². The van der Waals surface area contributed by atoms with Gasteiger partial charge in [0.05, 0.1) is 3.79 Å². The number of rotatable bonds is 7. The minimum Gasteiger partial charge on any atom is -0.313 e. The van der Waals surface area contributed by atoms with E-state index in [9.17, 15) is 8.78 Å². The molecule has 1 aromatic carbocycles. The zero-order chi connectivity index (χ0) is 15.2. The summed E-state index contributed by atoms with van der Waals surface area (Å²) in [6.07, 6.45) is 2.11. The molecule has 0 saturated heterocycles. The van der Waals surface area contributed by atoms with Crippen LogP contribution in [0.15, 0.2) is 34.1 Å². The van der Waals surface area contributed by atoms with Gasteiger partial charge >= 0.3 is 0 Å². The lowest BCUT2D eigenvalue weighted by Gasteiger charge is -2.18. The molecule has 21 heavy (non-hydrogen) atoms. The van der Waals surface area contributed by atoms with Crippen LogP contribution in [0.1, 0.15) is 23.8 Å². The van der Waals surface area contributed by atoms with E-state index in [4.69, 9.17) is 0 Å². The molecule has 0 fully saturated rings. The molecule has 5 heteroatoms. The SMILES string of the molecule is CCCNC(Cc1ccc(Br)s1)Cc1c(F)cccc1F. The minimum absolute atomic E-state index is 0.0295. The molecule has 0 aliphatic rings. The number of nitrogens with one attached hydrogen (secondary N) is 1. The third-order valence-corrected chi connectivity index (χ3v) is 4.92. The second-order valence-corrected chi connectivity index (χ2v) is 7.51. The van der Waals surface area contributed by atoms with E-state index < -0.39 is 11.6 Å². The zero-order valence-electron chi connectivity index (χ0n) is 11.8. The highest BCUT2D eigenvalue weighted by atomic mass is 79.9. The molecular weight excluding hydrogens is 356 g/mol. The Hall–Kier alpha value is -0.780. The smallest absolute Gasteiger partial charge is 0.129 e. The van der Waals surface area contributed by atoms with E-state index in [1.54, 1.807) is 11.3 Å². The summed E-state index contributed by atoms with van der Waals surface area (Å²) >= 11 is 5.10. The zero-order valence-corrected chi connectivity index (χ0v) is 14.2. The van der Waals surface area contributed by atoms with Crippen molar-refractivity contribution >= 4 is 27.3 Å². The van der Waals surface area contributed by atoms with Gasteiger partial charge in [0, 0.05) is 16.5 Å². The standard InChI is InChI=1S/C16H18BrF2NS/c1-2-8-20-11(9-12-6-7-16(17)21-12)10-13-14(18)4-3-5-15(13)19/h3-7,11,20H,2,8-10H2,1H3. The average Bonchev–Trinajstić information content (AvgIpc) is 2.85. The van der Waals surface area contributed by atoms with Crippen LogP contribution in [-0.4, -0.2) is 12.6 Å². The summed E-state index contributed by atoms with van der Waals surface area (Å²) in [5.74, 6) is -0.934. The lowest BCUT2D eigenvalue weighted by molar-refractivity contribution is 0.476. The molecule has 0 aliphatic heterocycles. The van der Waals surface area contributed by atoms with Gasteiger partial charge in [-0.25, -0.2) is 8.78 Å². The number of hydrogen-bond acceptors (Lipinski definition) is 2. The minimum atomic E-state index is -0.467. The highest BCUT2D eigenvalue weighted by Gasteiger charge is 2.16. The van der Waals surface area contributed by atoms with Crippen molar-refractivity contribution in [3.8, 4) is 0 Å². The summed E-state index contributed by atoms with van der Waals surface area (Å²) in [4.78, 5) is 1.20. The summed E-state index contributed by atoms with van der Waals surface area (Å²) in [7, 11) is 0. The number of halogens is 3. The maximum atomic E-state index is 13.8. The summed E-state index contributed by atoms with van der Waals surface area (Å²) in [5.41, 5.74) is 0.168. The molecule has 0 saturated carbocycles. The first-order valence-electron chi connectivity index (χ1n) is 7.00. The van der Waals surface area contributed by atoms with E-state index in [0.29, 0.717) is 6.42 Å². The summed E-state index contributed by atoms with van der Waals surface area (Å²) in [6.45, 7) is 2.92. The Labute approximate surface area is 136 Å². The van der Waals surface area contributed by atoms with Gasteiger partial charge in [-0.2, -0.15) is 0 Å². The second-order valence-electron chi connectivity index (χ2n) is 4.97. The average molecular weight is 374 g/mol. The van der Waals surface area contributed by atoms with E-state index in [1.165, 1.54) is 23.1 Å². The van der Waals surface area contributed by atoms with E-state index in [0.717, 1.165) is 23.2 Å². The van der Waals surface area contributed by atoms with Crippen LogP contribution in [0.4, 0.5) is 8.78 Å². The fourth-order valence-electron chi connectivity index (χ4n) is 2.24. The van der Waals surface area contributed by atoms with Gasteiger partial charge < -0.3 is 5.32 Å². The van der Waals surface area contributed by atoms with Crippen molar-refractivity contribution in [3.05, 3.63) is 56.2 Å². The van der Waals surface area contributed by atoms with Crippen LogP contribution >= 0.6 is 27.3 Å². The molecule has 0 amide bonds. The van der Waals surface area contributed by atoms with Crippen molar-refractivity contribution in [1.82, 2.24) is 5.32 Å². The Kier molecular flexibility index (Phi) is 6.33. The van der Waals surface area contributed by atoms with Crippen LogP contribution in [0.3, 0.4) is 0 Å². The quantitative estimate of drug-likeness (QED) is 0.724. The number of thiophene rings is 1. The Morgan fingerprint density at radius 3 is 2.43 bits per heavy atom. The molecule has 0 spiro atoms. The Balaban J connectivity index is 2.12. The van der Waals surface area contributed by atoms with E-state index in [1.807, 2.05) is 12.1 Å². The predicted octanol–water partition coefficient (Wildman–Crippen LogP) is 4.94. The van der Waals surface area contributed by atoms with Crippen LogP contribution in [-0.2, 0) is 12.8 Å². The summed E-state index contributed by atoms with van der Waals surface area (Å²) < 4.78 is 28.7. The fraction of sp³-hybridized carbons (Fsp3) is 0.375. The topological polar surface area (TPSA) is 12.0 Å². The van der Waals surface area contributed by atoms with Crippen molar-refractivity contribution in [1.29, 1.82) is 0 Å². The Bertz CT molecular complexity index is 565. The summed E-state index contributed by atoms with van der Waals surface area (Å²) in [5, 5.41) is 3.39. The largest absolute Gasteiger partial charge is 0.313 e. The molecule has 2 rings (SSSR count). The molecule has 1 nitrogen and oxygen atoms in total. The van der Waals surface area contributed by atoms with Crippen molar-refractivity contribution in [2.45, 2.75) is 32.2 Å². The van der Waals surface area contributed by atoms with Gasteiger partial charge in [-0.15, -0.1) is 11.3 Å². The highest BCUT2D eigenvalue weighted by molar-refractivity contribution is 9.11. The third kappa shape index (κ3) is 4.87. The first-order valence-corrected chi connectivity index (χ1v) is 8.61. The van der Waals surface area contributed by atoms with Crippen molar-refractivity contribution in [2.75, 3.05) is 6.54 Å². The summed E-state index contributed by atoms with van der Waals surface area (Å²) in [6, 6.07) is 8.11. The lowest BCUT2D eigenvalue weighted by atomic mass is 10.0. The molecule has 2 aromatic rings. The van der Waals surface area contributed by atoms with Crippen molar-refractivity contribution < 1.29 is 8.78 Å². The van der Waals surface area contributed by atoms with Crippen LogP contribution in [0.25, 0.3) is 0 Å². The van der Waals surface area contributed by atoms with Crippen LogP contribution in [0.2, 0.25) is 0 Å². The van der Waals surface area contributed by atoms with Gasteiger partial charge in [-0.1, -0.05) is 13.0 Å². The monoisotopic (exact) mass is 373 g/mol. The first kappa shape index (κ1) is 16.6. The van der Waals surface area contributed by atoms with Crippen molar-refractivity contribution in [3.63, 3.8) is 0 Å². The molecule has 1 unspecified atom stereocenters. The molecular formula is C16H18BrF2NS. The fourth-order valence-corrected chi connectivity index (χ4v) is 3.81. The van der Waals surface area contributed by atoms with E-state index in [-0.39, 0.29) is 11.6 Å². The van der Waals surface area contributed by atoms with Gasteiger partial charge in [-0.05, 0) is 66.0 Å². The van der Waals surface area contributed by atoms with Crippen LogP contribution in [0, 0.1) is 11.6 Å². The highest BCUT2D eigenvalue weighted by Crippen LogP contribution is 2.24. The first-order chi connectivity index (χ1) is 10.1. The molecule has 0 bridgehead atoms. The van der Waals surface area contributed by atoms with Crippen LogP contribution in [0.5, 0.6) is 0 Å². The van der Waals surface area contributed by atoms with Gasteiger partial charge in [0.2, 0.25) is 0 Å². The lowest BCUT2D eigenvalue weighted by Crippen LogP contribution is -2.34. The molecule has 1 N–H and O–H groups in total. The van der Waals surface area contributed by atoms with Gasteiger partial charge in [0.25, 0.3) is 0 Å². The molecule has 114 valence electrons. The molecule has 0 radical (unpaired) electrons. The van der Waals surface area contributed by atoms with Gasteiger partial charge in [0.15, 0.2) is 0 Å². The van der Waals surface area contributed by atoms with E-state index in [2.05, 4.69) is 28.2 Å². The van der Waals surface area contributed by atoms with Gasteiger partial charge in [0.1, 0.15) is 11.6 Å². The van der Waals surface area contributed by atoms with E-state index >= 15 is 0 Å². The normalized spacial score (nSPS) is 12.6. The number of hydrogen-bond donors (Lipinski definition) is 1. The number of benzene rings is 1. The predicted molar refractivity (Wildman–Crippen MR) is 87.9 cm³/mol. The second kappa shape index (κ2) is 8.01.